The van der Waals surface area contributed by atoms with Gasteiger partial charge in [-0.25, -0.2) is 0 Å². The summed E-state index contributed by atoms with van der Waals surface area (Å²) in [6, 6.07) is 9.50. The largest absolute Gasteiger partial charge is 0.329 e. The quantitative estimate of drug-likeness (QED) is 0.812. The number of nitrogens with two attached hydrogens (primary N) is 1. The molecule has 1 fully saturated rings. The van der Waals surface area contributed by atoms with E-state index in [-0.39, 0.29) is 0 Å². The van der Waals surface area contributed by atoms with Gasteiger partial charge < -0.3 is 5.73 Å². The van der Waals surface area contributed by atoms with Crippen molar-refractivity contribution < 1.29 is 0 Å². The number of likely N-dealkylation sites (N-methyl/N-ethyl adjacent to an activating group) is 1. The summed E-state index contributed by atoms with van der Waals surface area (Å²) < 4.78 is 0. The van der Waals surface area contributed by atoms with Gasteiger partial charge in [0.1, 0.15) is 0 Å². The summed E-state index contributed by atoms with van der Waals surface area (Å²) >= 11 is 0. The Hall–Kier alpha value is -0.860. The first-order chi connectivity index (χ1) is 9.15. The van der Waals surface area contributed by atoms with Crippen molar-refractivity contribution in [3.8, 4) is 0 Å². The summed E-state index contributed by atoms with van der Waals surface area (Å²) in [6.07, 6.45) is 3.96. The standard InChI is InChI=1S/C17H28N2/c1-4-13(2)12-19(3)17(11-18)16-9-7-15(8-10-16)14-5-6-14/h7-10,13-14,17H,4-6,11-12,18H2,1-3H3. The molecule has 106 valence electrons. The van der Waals surface area contributed by atoms with Crippen molar-refractivity contribution in [1.29, 1.82) is 0 Å². The van der Waals surface area contributed by atoms with Gasteiger partial charge in [-0.05, 0) is 42.9 Å². The molecule has 1 aromatic rings. The van der Waals surface area contributed by atoms with E-state index in [1.54, 1.807) is 0 Å². The van der Waals surface area contributed by atoms with Gasteiger partial charge in [0.25, 0.3) is 0 Å². The lowest BCUT2D eigenvalue weighted by molar-refractivity contribution is 0.215. The van der Waals surface area contributed by atoms with E-state index in [2.05, 4.69) is 50.1 Å². The molecule has 0 bridgehead atoms. The molecule has 0 aromatic heterocycles. The Morgan fingerprint density at radius 1 is 1.26 bits per heavy atom. The van der Waals surface area contributed by atoms with Crippen LogP contribution < -0.4 is 5.73 Å². The van der Waals surface area contributed by atoms with Crippen LogP contribution in [-0.2, 0) is 0 Å². The minimum Gasteiger partial charge on any atom is -0.329 e. The van der Waals surface area contributed by atoms with Crippen LogP contribution >= 0.6 is 0 Å². The van der Waals surface area contributed by atoms with Crippen molar-refractivity contribution in [3.05, 3.63) is 35.4 Å². The summed E-state index contributed by atoms with van der Waals surface area (Å²) in [6.45, 7) is 6.36. The lowest BCUT2D eigenvalue weighted by atomic mass is 10.0. The minimum atomic E-state index is 0.349. The predicted octanol–water partition coefficient (Wildman–Crippen LogP) is 3.54. The van der Waals surface area contributed by atoms with Crippen molar-refractivity contribution >= 4 is 0 Å². The molecule has 0 heterocycles. The number of hydrogen-bond acceptors (Lipinski definition) is 2. The summed E-state index contributed by atoms with van der Waals surface area (Å²) in [5.74, 6) is 1.56. The van der Waals surface area contributed by atoms with Crippen molar-refractivity contribution in [1.82, 2.24) is 4.90 Å². The summed E-state index contributed by atoms with van der Waals surface area (Å²) in [4.78, 5) is 2.40. The monoisotopic (exact) mass is 260 g/mol. The molecule has 1 aliphatic rings. The molecule has 1 aliphatic carbocycles. The molecule has 2 rings (SSSR count). The minimum absolute atomic E-state index is 0.349. The first kappa shape index (κ1) is 14.5. The summed E-state index contributed by atoms with van der Waals surface area (Å²) in [5.41, 5.74) is 8.85. The van der Waals surface area contributed by atoms with Gasteiger partial charge in [-0.15, -0.1) is 0 Å². The lowest BCUT2D eigenvalue weighted by Crippen LogP contribution is -2.33. The molecule has 1 saturated carbocycles. The third-order valence-electron chi connectivity index (χ3n) is 4.42. The zero-order chi connectivity index (χ0) is 13.8. The molecular formula is C17H28N2. The van der Waals surface area contributed by atoms with Gasteiger partial charge in [0, 0.05) is 19.1 Å². The number of rotatable bonds is 7. The predicted molar refractivity (Wildman–Crippen MR) is 82.3 cm³/mol. The molecule has 2 unspecified atom stereocenters. The van der Waals surface area contributed by atoms with Crippen molar-refractivity contribution in [3.63, 3.8) is 0 Å². The second-order valence-electron chi connectivity index (χ2n) is 6.15. The van der Waals surface area contributed by atoms with Gasteiger partial charge in [0.2, 0.25) is 0 Å². The van der Waals surface area contributed by atoms with Gasteiger partial charge in [-0.2, -0.15) is 0 Å². The van der Waals surface area contributed by atoms with Crippen LogP contribution in [0.4, 0.5) is 0 Å². The average Bonchev–Trinajstić information content (AvgIpc) is 3.24. The van der Waals surface area contributed by atoms with Crippen molar-refractivity contribution in [2.75, 3.05) is 20.1 Å². The van der Waals surface area contributed by atoms with Crippen LogP contribution in [0.5, 0.6) is 0 Å². The van der Waals surface area contributed by atoms with E-state index >= 15 is 0 Å². The van der Waals surface area contributed by atoms with E-state index < -0.39 is 0 Å². The fraction of sp³-hybridized carbons (Fsp3) is 0.647. The third kappa shape index (κ3) is 3.80. The van der Waals surface area contributed by atoms with Crippen LogP contribution in [0.2, 0.25) is 0 Å². The SMILES string of the molecule is CCC(C)CN(C)C(CN)c1ccc(C2CC2)cc1. The van der Waals surface area contributed by atoms with E-state index in [0.29, 0.717) is 12.6 Å². The molecule has 2 heteroatoms. The summed E-state index contributed by atoms with van der Waals surface area (Å²) in [5, 5.41) is 0. The van der Waals surface area contributed by atoms with Gasteiger partial charge in [-0.3, -0.25) is 4.90 Å². The van der Waals surface area contributed by atoms with E-state index in [1.807, 2.05) is 0 Å². The first-order valence-corrected chi connectivity index (χ1v) is 7.65. The Morgan fingerprint density at radius 2 is 1.89 bits per heavy atom. The van der Waals surface area contributed by atoms with Gasteiger partial charge in [0.15, 0.2) is 0 Å². The molecule has 0 spiro atoms. The molecular weight excluding hydrogens is 232 g/mol. The van der Waals surface area contributed by atoms with Crippen molar-refractivity contribution in [2.24, 2.45) is 11.7 Å². The maximum Gasteiger partial charge on any atom is 0.0467 e. The zero-order valence-electron chi connectivity index (χ0n) is 12.6. The normalized spacial score (nSPS) is 18.6. The molecule has 0 radical (unpaired) electrons. The second-order valence-corrected chi connectivity index (χ2v) is 6.15. The Kier molecular flexibility index (Phi) is 5.00. The van der Waals surface area contributed by atoms with Crippen LogP contribution in [-0.4, -0.2) is 25.0 Å². The van der Waals surface area contributed by atoms with E-state index in [0.717, 1.165) is 18.4 Å². The Bertz CT molecular complexity index is 381. The Morgan fingerprint density at radius 3 is 2.37 bits per heavy atom. The highest BCUT2D eigenvalue weighted by Gasteiger charge is 2.24. The summed E-state index contributed by atoms with van der Waals surface area (Å²) in [7, 11) is 2.19. The molecule has 2 nitrogen and oxygen atoms in total. The van der Waals surface area contributed by atoms with E-state index in [4.69, 9.17) is 5.73 Å². The highest BCUT2D eigenvalue weighted by atomic mass is 15.1. The maximum atomic E-state index is 5.99. The van der Waals surface area contributed by atoms with Crippen LogP contribution in [0, 0.1) is 5.92 Å². The molecule has 19 heavy (non-hydrogen) atoms. The van der Waals surface area contributed by atoms with E-state index in [1.165, 1.54) is 30.4 Å². The fourth-order valence-electron chi connectivity index (χ4n) is 2.73. The third-order valence-corrected chi connectivity index (χ3v) is 4.42. The van der Waals surface area contributed by atoms with Crippen LogP contribution in [0.25, 0.3) is 0 Å². The molecule has 0 saturated heterocycles. The molecule has 2 N–H and O–H groups in total. The molecule has 0 amide bonds. The fourth-order valence-corrected chi connectivity index (χ4v) is 2.73. The highest BCUT2D eigenvalue weighted by molar-refractivity contribution is 5.29. The van der Waals surface area contributed by atoms with Gasteiger partial charge >= 0.3 is 0 Å². The molecule has 1 aromatic carbocycles. The van der Waals surface area contributed by atoms with E-state index in [9.17, 15) is 0 Å². The lowest BCUT2D eigenvalue weighted by Gasteiger charge is -2.29. The Balaban J connectivity index is 2.02. The van der Waals surface area contributed by atoms with Crippen LogP contribution in [0.1, 0.15) is 56.2 Å². The topological polar surface area (TPSA) is 29.3 Å². The highest BCUT2D eigenvalue weighted by Crippen LogP contribution is 2.40. The number of hydrogen-bond donors (Lipinski definition) is 1. The maximum absolute atomic E-state index is 5.99. The average molecular weight is 260 g/mol. The Labute approximate surface area is 118 Å². The number of benzene rings is 1. The number of nitrogens with zero attached hydrogens (tertiary/aromatic N) is 1. The first-order valence-electron chi connectivity index (χ1n) is 7.65. The van der Waals surface area contributed by atoms with Crippen LogP contribution in [0.15, 0.2) is 24.3 Å². The van der Waals surface area contributed by atoms with Gasteiger partial charge in [0.05, 0.1) is 0 Å². The van der Waals surface area contributed by atoms with Crippen molar-refractivity contribution in [2.45, 2.75) is 45.1 Å². The van der Waals surface area contributed by atoms with Gasteiger partial charge in [-0.1, -0.05) is 44.5 Å². The molecule has 2 atom stereocenters. The zero-order valence-corrected chi connectivity index (χ0v) is 12.6. The second kappa shape index (κ2) is 6.53. The smallest absolute Gasteiger partial charge is 0.0467 e. The van der Waals surface area contributed by atoms with Crippen LogP contribution in [0.3, 0.4) is 0 Å². The molecule has 0 aliphatic heterocycles.